The monoisotopic (exact) mass is 685 g/mol. The molecule has 3 heterocycles. The van der Waals surface area contributed by atoms with E-state index < -0.39 is 12.2 Å². The van der Waals surface area contributed by atoms with E-state index in [4.69, 9.17) is 14.7 Å². The number of nitrogens with zero attached hydrogens (tertiary/aromatic N) is 2. The van der Waals surface area contributed by atoms with Crippen molar-refractivity contribution in [1.82, 2.24) is 25.2 Å². The Balaban J connectivity index is 1.05. The Morgan fingerprint density at radius 3 is 2.24 bits per heavy atom. The number of carbonyl (C=O) groups excluding carboxylic acids is 2. The minimum atomic E-state index is -0.574. The fraction of sp³-hybridized carbons (Fsp3) is 0.447. The highest BCUT2D eigenvalue weighted by Gasteiger charge is 2.34. The molecule has 2 amide bonds. The summed E-state index contributed by atoms with van der Waals surface area (Å²) in [6.45, 7) is 2.86. The Bertz CT molecular complexity index is 1760. The van der Waals surface area contributed by atoms with Crippen molar-refractivity contribution < 1.29 is 29.4 Å². The van der Waals surface area contributed by atoms with Crippen molar-refractivity contribution in [3.05, 3.63) is 106 Å². The van der Waals surface area contributed by atoms with Gasteiger partial charge < -0.3 is 29.8 Å². The summed E-state index contributed by atoms with van der Waals surface area (Å²) in [4.78, 5) is 41.7. The predicted molar refractivity (Wildman–Crippen MR) is 187 cm³/mol. The fourth-order valence-corrected chi connectivity index (χ4v) is 7.00. The van der Waals surface area contributed by atoms with Gasteiger partial charge in [0.1, 0.15) is 0 Å². The van der Waals surface area contributed by atoms with Gasteiger partial charge in [-0.2, -0.15) is 0 Å². The summed E-state index contributed by atoms with van der Waals surface area (Å²) in [5, 5.41) is 21.1. The van der Waals surface area contributed by atoms with Crippen LogP contribution in [-0.2, 0) is 32.2 Å². The average molecular weight is 686 g/mol. The van der Waals surface area contributed by atoms with E-state index >= 15 is 0 Å². The minimum Gasteiger partial charge on any atom is -0.392 e. The number of hydrogen-bond donors (Lipinski definition) is 5. The number of amides is 2. The van der Waals surface area contributed by atoms with Gasteiger partial charge in [0.15, 0.2) is 6.29 Å². The number of aromatic amines is 1. The van der Waals surface area contributed by atoms with Crippen LogP contribution in [-0.4, -0.2) is 62.3 Å². The van der Waals surface area contributed by atoms with Crippen molar-refractivity contribution >= 4 is 22.8 Å². The predicted octanol–water partition coefficient (Wildman–Crippen LogP) is 4.78. The molecular formula is C38H47N5O7. The van der Waals surface area contributed by atoms with Gasteiger partial charge >= 0.3 is 5.69 Å². The zero-order valence-electron chi connectivity index (χ0n) is 28.3. The smallest absolute Gasteiger partial charge is 0.326 e. The molecule has 12 nitrogen and oxygen atoms in total. The maximum absolute atomic E-state index is 12.8. The lowest BCUT2D eigenvalue weighted by Gasteiger charge is -2.40. The fourth-order valence-electron chi connectivity index (χ4n) is 7.00. The van der Waals surface area contributed by atoms with Gasteiger partial charge in [0.05, 0.1) is 29.8 Å². The van der Waals surface area contributed by atoms with Crippen molar-refractivity contribution in [2.45, 2.75) is 89.1 Å². The molecule has 5 N–H and O–H groups in total. The number of para-hydroxylation sites is 2. The van der Waals surface area contributed by atoms with Crippen LogP contribution in [0.15, 0.2) is 77.6 Å². The van der Waals surface area contributed by atoms with E-state index in [2.05, 4.69) is 15.2 Å². The lowest BCUT2D eigenvalue weighted by Crippen LogP contribution is -2.43. The molecule has 0 spiro atoms. The van der Waals surface area contributed by atoms with Crippen molar-refractivity contribution in [2.24, 2.45) is 0 Å². The third-order valence-electron chi connectivity index (χ3n) is 9.80. The molecule has 0 bridgehead atoms. The molecule has 3 atom stereocenters. The van der Waals surface area contributed by atoms with Gasteiger partial charge in [-0.15, -0.1) is 0 Å². The van der Waals surface area contributed by atoms with Crippen LogP contribution in [0.1, 0.15) is 92.1 Å². The Labute approximate surface area is 291 Å². The molecule has 0 radical (unpaired) electrons. The van der Waals surface area contributed by atoms with E-state index in [9.17, 15) is 19.5 Å². The van der Waals surface area contributed by atoms with Crippen LogP contribution in [0.4, 0.5) is 0 Å². The largest absolute Gasteiger partial charge is 0.392 e. The number of hydrogen-bond acceptors (Lipinski definition) is 8. The number of fused-ring (bicyclic) bond motifs is 1. The molecule has 2 aliphatic heterocycles. The standard InChI is InChI=1S/C38H47N5O7/c44-25-27-12-14-28(15-13-27)34-22-31(24-42-20-18-30(19-21-42)43-33-7-5-4-6-32(33)40-38(43)47)49-37(50-34)29-16-10-26(11-17-29)23-39-35(45)8-2-1-3-9-36(46)41-48/h4-7,10-17,30-31,34,37,44,48H,1-3,8-9,18-25H2,(H,39,45)(H,40,47)(H,41,46). The zero-order chi connectivity index (χ0) is 34.9. The molecule has 2 fully saturated rings. The number of benzene rings is 3. The molecule has 0 aliphatic carbocycles. The molecule has 50 heavy (non-hydrogen) atoms. The quantitative estimate of drug-likeness (QED) is 0.0722. The average Bonchev–Trinajstić information content (AvgIpc) is 3.49. The highest BCUT2D eigenvalue weighted by atomic mass is 16.7. The Morgan fingerprint density at radius 2 is 1.52 bits per heavy atom. The van der Waals surface area contributed by atoms with Crippen molar-refractivity contribution in [2.75, 3.05) is 19.6 Å². The number of hydroxylamine groups is 1. The summed E-state index contributed by atoms with van der Waals surface area (Å²) in [6.07, 6.45) is 4.24. The van der Waals surface area contributed by atoms with Crippen LogP contribution in [0.25, 0.3) is 11.0 Å². The number of imidazole rings is 1. The molecule has 1 aromatic heterocycles. The number of carbonyl (C=O) groups is 2. The highest BCUT2D eigenvalue weighted by molar-refractivity contribution is 5.76. The van der Waals surface area contributed by atoms with Gasteiger partial charge in [-0.05, 0) is 54.5 Å². The van der Waals surface area contributed by atoms with E-state index in [0.717, 1.165) is 72.2 Å². The van der Waals surface area contributed by atoms with E-state index in [1.807, 2.05) is 77.4 Å². The number of unbranched alkanes of at least 4 members (excludes halogenated alkanes) is 2. The van der Waals surface area contributed by atoms with Gasteiger partial charge in [0, 0.05) is 57.0 Å². The number of H-pyrrole nitrogens is 1. The van der Waals surface area contributed by atoms with Gasteiger partial charge in [-0.3, -0.25) is 19.4 Å². The molecule has 12 heteroatoms. The third kappa shape index (κ3) is 9.06. The molecule has 3 aromatic carbocycles. The summed E-state index contributed by atoms with van der Waals surface area (Å²) >= 11 is 0. The first-order chi connectivity index (χ1) is 24.4. The number of aliphatic hydroxyl groups excluding tert-OH is 1. The van der Waals surface area contributed by atoms with Gasteiger partial charge in [0.25, 0.3) is 0 Å². The number of likely N-dealkylation sites (tertiary alicyclic amines) is 1. The van der Waals surface area contributed by atoms with Gasteiger partial charge in [0.2, 0.25) is 11.8 Å². The lowest BCUT2D eigenvalue weighted by molar-refractivity contribution is -0.253. The molecule has 6 rings (SSSR count). The van der Waals surface area contributed by atoms with Crippen LogP contribution in [0.2, 0.25) is 0 Å². The summed E-state index contributed by atoms with van der Waals surface area (Å²) < 4.78 is 15.1. The molecule has 4 aromatic rings. The van der Waals surface area contributed by atoms with Crippen molar-refractivity contribution in [3.8, 4) is 0 Å². The Hall–Kier alpha value is -4.33. The first-order valence-electron chi connectivity index (χ1n) is 17.6. The number of ether oxygens (including phenoxy) is 2. The van der Waals surface area contributed by atoms with Crippen LogP contribution >= 0.6 is 0 Å². The third-order valence-corrected chi connectivity index (χ3v) is 9.80. The molecule has 2 aliphatic rings. The topological polar surface area (TPSA) is 158 Å². The van der Waals surface area contributed by atoms with Gasteiger partial charge in [-0.1, -0.05) is 67.1 Å². The highest BCUT2D eigenvalue weighted by Crippen LogP contribution is 2.38. The van der Waals surface area contributed by atoms with Crippen LogP contribution in [0.5, 0.6) is 0 Å². The second kappa shape index (κ2) is 17.1. The van der Waals surface area contributed by atoms with Gasteiger partial charge in [-0.25, -0.2) is 10.3 Å². The molecule has 0 saturated carbocycles. The SMILES string of the molecule is O=C(CCCCCC(=O)NCc1ccc(C2OC(CN3CCC(n4c(=O)[nH]c5ccccc54)CC3)CC(c3ccc(CO)cc3)O2)cc1)NO. The first kappa shape index (κ1) is 35.5. The number of aromatic nitrogens is 2. The van der Waals surface area contributed by atoms with E-state index in [0.29, 0.717) is 32.2 Å². The van der Waals surface area contributed by atoms with E-state index in [1.165, 1.54) is 0 Å². The number of nitrogens with one attached hydrogen (secondary N) is 3. The number of rotatable bonds is 14. The second-order valence-electron chi connectivity index (χ2n) is 13.3. The summed E-state index contributed by atoms with van der Waals surface area (Å²) in [5.74, 6) is -0.461. The molecule has 266 valence electrons. The summed E-state index contributed by atoms with van der Waals surface area (Å²) in [5.41, 5.74) is 7.13. The molecule has 3 unspecified atom stereocenters. The Morgan fingerprint density at radius 1 is 0.840 bits per heavy atom. The zero-order valence-corrected chi connectivity index (χ0v) is 28.3. The number of aliphatic hydroxyl groups is 1. The normalized spacial score (nSPS) is 20.2. The van der Waals surface area contributed by atoms with Crippen LogP contribution < -0.4 is 16.5 Å². The second-order valence-corrected chi connectivity index (χ2v) is 13.3. The van der Waals surface area contributed by atoms with E-state index in [-0.39, 0.29) is 42.9 Å². The molecule has 2 saturated heterocycles. The first-order valence-corrected chi connectivity index (χ1v) is 17.6. The van der Waals surface area contributed by atoms with Crippen molar-refractivity contribution in [3.63, 3.8) is 0 Å². The van der Waals surface area contributed by atoms with Crippen LogP contribution in [0.3, 0.4) is 0 Å². The Kier molecular flexibility index (Phi) is 12.1. The number of piperidine rings is 1. The summed E-state index contributed by atoms with van der Waals surface area (Å²) in [7, 11) is 0. The van der Waals surface area contributed by atoms with Crippen LogP contribution in [0, 0.1) is 0 Å². The molecular weight excluding hydrogens is 638 g/mol. The van der Waals surface area contributed by atoms with Crippen molar-refractivity contribution in [1.29, 1.82) is 0 Å². The maximum atomic E-state index is 12.8. The lowest BCUT2D eigenvalue weighted by atomic mass is 9.98. The minimum absolute atomic E-state index is 0.0148. The summed E-state index contributed by atoms with van der Waals surface area (Å²) in [6, 6.07) is 23.8. The maximum Gasteiger partial charge on any atom is 0.326 e. The van der Waals surface area contributed by atoms with E-state index in [1.54, 1.807) is 5.48 Å².